The van der Waals surface area contributed by atoms with Gasteiger partial charge < -0.3 is 10.0 Å². The highest BCUT2D eigenvalue weighted by Gasteiger charge is 2.26. The molecule has 0 aliphatic carbocycles. The minimum Gasteiger partial charge on any atom is -0.481 e. The molecule has 0 aromatic heterocycles. The van der Waals surface area contributed by atoms with E-state index in [2.05, 4.69) is 43.0 Å². The Morgan fingerprint density at radius 2 is 1.84 bits per heavy atom. The molecule has 19 heavy (non-hydrogen) atoms. The zero-order valence-electron chi connectivity index (χ0n) is 12.4. The number of hydrogen-bond acceptors (Lipinski definition) is 2. The van der Waals surface area contributed by atoms with Gasteiger partial charge in [0, 0.05) is 18.8 Å². The van der Waals surface area contributed by atoms with Crippen LogP contribution in [0, 0.1) is 12.3 Å². The van der Waals surface area contributed by atoms with Gasteiger partial charge in [-0.25, -0.2) is 0 Å². The fraction of sp³-hybridized carbons (Fsp3) is 0.562. The topological polar surface area (TPSA) is 40.5 Å². The average Bonchev–Trinajstić information content (AvgIpc) is 2.36. The quantitative estimate of drug-likeness (QED) is 0.815. The van der Waals surface area contributed by atoms with Crippen molar-refractivity contribution >= 4 is 11.7 Å². The van der Waals surface area contributed by atoms with Crippen LogP contribution in [0.25, 0.3) is 0 Å². The fourth-order valence-corrected chi connectivity index (χ4v) is 2.04. The van der Waals surface area contributed by atoms with E-state index in [1.807, 2.05) is 0 Å². The molecule has 0 saturated heterocycles. The molecule has 0 radical (unpaired) electrons. The summed E-state index contributed by atoms with van der Waals surface area (Å²) in [5.74, 6) is -0.717. The Balaban J connectivity index is 2.54. The molecule has 106 valence electrons. The Morgan fingerprint density at radius 3 is 2.32 bits per heavy atom. The lowest BCUT2D eigenvalue weighted by atomic mass is 9.88. The number of hydrogen-bond donors (Lipinski definition) is 1. The first-order valence-corrected chi connectivity index (χ1v) is 6.92. The van der Waals surface area contributed by atoms with E-state index in [4.69, 9.17) is 5.11 Å². The molecule has 3 heteroatoms. The standard InChI is InChI=1S/C16H25NO2/c1-5-17(14-9-7-13(2)8-10-14)12-6-11-16(3,4)15(18)19/h7-10H,5-6,11-12H2,1-4H3,(H,18,19). The van der Waals surface area contributed by atoms with Gasteiger partial charge in [-0.15, -0.1) is 0 Å². The van der Waals surface area contributed by atoms with Gasteiger partial charge in [0.1, 0.15) is 0 Å². The monoisotopic (exact) mass is 263 g/mol. The summed E-state index contributed by atoms with van der Waals surface area (Å²) in [5, 5.41) is 9.10. The fourth-order valence-electron chi connectivity index (χ4n) is 2.04. The van der Waals surface area contributed by atoms with Crippen molar-refractivity contribution in [2.75, 3.05) is 18.0 Å². The number of carboxylic acids is 1. The number of rotatable bonds is 7. The van der Waals surface area contributed by atoms with E-state index in [1.165, 1.54) is 11.3 Å². The summed E-state index contributed by atoms with van der Waals surface area (Å²) < 4.78 is 0. The maximum Gasteiger partial charge on any atom is 0.309 e. The van der Waals surface area contributed by atoms with Crippen LogP contribution in [0.3, 0.4) is 0 Å². The number of benzene rings is 1. The van der Waals surface area contributed by atoms with Crippen LogP contribution >= 0.6 is 0 Å². The number of carbonyl (C=O) groups is 1. The first-order chi connectivity index (χ1) is 8.86. The predicted octanol–water partition coefficient (Wildman–Crippen LogP) is 3.71. The average molecular weight is 263 g/mol. The van der Waals surface area contributed by atoms with Gasteiger partial charge in [0.15, 0.2) is 0 Å². The molecule has 0 amide bonds. The van der Waals surface area contributed by atoms with Gasteiger partial charge in [0.05, 0.1) is 5.41 Å². The number of anilines is 1. The van der Waals surface area contributed by atoms with E-state index < -0.39 is 11.4 Å². The molecule has 1 aromatic rings. The molecule has 0 bridgehead atoms. The van der Waals surface area contributed by atoms with Crippen LogP contribution in [-0.2, 0) is 4.79 Å². The van der Waals surface area contributed by atoms with E-state index in [-0.39, 0.29) is 0 Å². The highest BCUT2D eigenvalue weighted by molar-refractivity contribution is 5.73. The molecule has 1 rings (SSSR count). The SMILES string of the molecule is CCN(CCCC(C)(C)C(=O)O)c1ccc(C)cc1. The summed E-state index contributed by atoms with van der Waals surface area (Å²) in [4.78, 5) is 13.3. The van der Waals surface area contributed by atoms with E-state index in [0.717, 1.165) is 19.5 Å². The third-order valence-electron chi connectivity index (χ3n) is 3.59. The highest BCUT2D eigenvalue weighted by atomic mass is 16.4. The molecule has 0 heterocycles. The molecule has 0 aliphatic rings. The molecule has 1 aromatic carbocycles. The zero-order valence-corrected chi connectivity index (χ0v) is 12.4. The van der Waals surface area contributed by atoms with Crippen LogP contribution in [0.4, 0.5) is 5.69 Å². The minimum atomic E-state index is -0.717. The summed E-state index contributed by atoms with van der Waals surface area (Å²) in [6, 6.07) is 8.47. The van der Waals surface area contributed by atoms with Gasteiger partial charge >= 0.3 is 5.97 Å². The highest BCUT2D eigenvalue weighted by Crippen LogP contribution is 2.23. The molecule has 0 unspecified atom stereocenters. The number of carboxylic acid groups (broad SMARTS) is 1. The Bertz CT molecular complexity index is 409. The van der Waals surface area contributed by atoms with Gasteiger partial charge in [0.2, 0.25) is 0 Å². The number of aryl methyl sites for hydroxylation is 1. The molecule has 0 atom stereocenters. The zero-order chi connectivity index (χ0) is 14.5. The molecular formula is C16H25NO2. The molecule has 1 N–H and O–H groups in total. The van der Waals surface area contributed by atoms with E-state index >= 15 is 0 Å². The third kappa shape index (κ3) is 4.58. The summed E-state index contributed by atoms with van der Waals surface area (Å²) in [5.41, 5.74) is 1.83. The van der Waals surface area contributed by atoms with Crippen molar-refractivity contribution in [1.29, 1.82) is 0 Å². The van der Waals surface area contributed by atoms with E-state index in [0.29, 0.717) is 6.42 Å². The second-order valence-corrected chi connectivity index (χ2v) is 5.71. The van der Waals surface area contributed by atoms with Crippen LogP contribution in [0.1, 0.15) is 39.2 Å². The van der Waals surface area contributed by atoms with Crippen molar-refractivity contribution in [3.05, 3.63) is 29.8 Å². The van der Waals surface area contributed by atoms with Crippen LogP contribution < -0.4 is 4.90 Å². The van der Waals surface area contributed by atoms with Crippen molar-refractivity contribution in [1.82, 2.24) is 0 Å². The third-order valence-corrected chi connectivity index (χ3v) is 3.59. The van der Waals surface area contributed by atoms with Gasteiger partial charge in [0.25, 0.3) is 0 Å². The van der Waals surface area contributed by atoms with E-state index in [1.54, 1.807) is 13.8 Å². The molecule has 0 fully saturated rings. The van der Waals surface area contributed by atoms with Gasteiger partial charge in [-0.1, -0.05) is 17.7 Å². The lowest BCUT2D eigenvalue weighted by Crippen LogP contribution is -2.28. The lowest BCUT2D eigenvalue weighted by Gasteiger charge is -2.25. The van der Waals surface area contributed by atoms with Gasteiger partial charge in [-0.2, -0.15) is 0 Å². The first kappa shape index (κ1) is 15.5. The smallest absolute Gasteiger partial charge is 0.309 e. The summed E-state index contributed by atoms with van der Waals surface area (Å²) in [6.45, 7) is 9.62. The maximum atomic E-state index is 11.1. The first-order valence-electron chi connectivity index (χ1n) is 6.92. The van der Waals surface area contributed by atoms with Crippen LogP contribution in [0.5, 0.6) is 0 Å². The second kappa shape index (κ2) is 6.60. The summed E-state index contributed by atoms with van der Waals surface area (Å²) in [6.07, 6.45) is 1.59. The van der Waals surface area contributed by atoms with Crippen molar-refractivity contribution in [3.8, 4) is 0 Å². The molecule has 3 nitrogen and oxygen atoms in total. The minimum absolute atomic E-state index is 0.632. The van der Waals surface area contributed by atoms with E-state index in [9.17, 15) is 4.79 Å². The van der Waals surface area contributed by atoms with Crippen molar-refractivity contribution in [2.24, 2.45) is 5.41 Å². The number of aliphatic carboxylic acids is 1. The van der Waals surface area contributed by atoms with Crippen molar-refractivity contribution in [3.63, 3.8) is 0 Å². The second-order valence-electron chi connectivity index (χ2n) is 5.71. The van der Waals surface area contributed by atoms with Crippen LogP contribution in [0.2, 0.25) is 0 Å². The Morgan fingerprint density at radius 1 is 1.26 bits per heavy atom. The summed E-state index contributed by atoms with van der Waals surface area (Å²) >= 11 is 0. The van der Waals surface area contributed by atoms with Gasteiger partial charge in [-0.05, 0) is 52.7 Å². The Kier molecular flexibility index (Phi) is 5.40. The molecule has 0 saturated carbocycles. The van der Waals surface area contributed by atoms with Crippen molar-refractivity contribution < 1.29 is 9.90 Å². The van der Waals surface area contributed by atoms with Crippen LogP contribution in [0.15, 0.2) is 24.3 Å². The van der Waals surface area contributed by atoms with Crippen LogP contribution in [-0.4, -0.2) is 24.2 Å². The van der Waals surface area contributed by atoms with Crippen molar-refractivity contribution in [2.45, 2.75) is 40.5 Å². The summed E-state index contributed by atoms with van der Waals surface area (Å²) in [7, 11) is 0. The molecule has 0 aliphatic heterocycles. The Hall–Kier alpha value is -1.51. The largest absolute Gasteiger partial charge is 0.481 e. The van der Waals surface area contributed by atoms with Gasteiger partial charge in [-0.3, -0.25) is 4.79 Å². The normalized spacial score (nSPS) is 11.4. The molecular weight excluding hydrogens is 238 g/mol. The molecule has 0 spiro atoms. The number of nitrogens with zero attached hydrogens (tertiary/aromatic N) is 1. The Labute approximate surface area is 116 Å². The lowest BCUT2D eigenvalue weighted by molar-refractivity contribution is -0.147. The maximum absolute atomic E-state index is 11.1. The predicted molar refractivity (Wildman–Crippen MR) is 79.7 cm³/mol.